The van der Waals surface area contributed by atoms with Gasteiger partial charge in [-0.2, -0.15) is 0 Å². The maximum atomic E-state index is 9.81. The maximum absolute atomic E-state index is 9.81. The number of epoxide rings is 1. The third-order valence-corrected chi connectivity index (χ3v) is 4.47. The van der Waals surface area contributed by atoms with Crippen LogP contribution < -0.4 is 0 Å². The zero-order valence-electron chi connectivity index (χ0n) is 7.64. The third kappa shape index (κ3) is 1.47. The molecule has 2 aliphatic rings. The Morgan fingerprint density at radius 1 is 1.38 bits per heavy atom. The molecule has 3 N–H and O–H groups in total. The van der Waals surface area contributed by atoms with E-state index in [1.54, 1.807) is 19.2 Å². The lowest BCUT2D eigenvalue weighted by molar-refractivity contribution is 0.0248. The van der Waals surface area contributed by atoms with E-state index in [1.165, 1.54) is 0 Å². The van der Waals surface area contributed by atoms with E-state index in [0.717, 1.165) is 0 Å². The van der Waals surface area contributed by atoms with Crippen LogP contribution in [0.2, 0.25) is 13.1 Å². The molecule has 4 atom stereocenters. The molecule has 0 radical (unpaired) electrons. The molecule has 0 spiro atoms. The first-order valence-electron chi connectivity index (χ1n) is 4.37. The van der Waals surface area contributed by atoms with E-state index in [0.29, 0.717) is 5.20 Å². The van der Waals surface area contributed by atoms with E-state index < -0.39 is 20.5 Å². The Morgan fingerprint density at radius 3 is 2.54 bits per heavy atom. The van der Waals surface area contributed by atoms with Crippen molar-refractivity contribution < 1.29 is 19.7 Å². The van der Waals surface area contributed by atoms with E-state index in [9.17, 15) is 15.0 Å². The first kappa shape index (κ1) is 9.36. The van der Waals surface area contributed by atoms with Gasteiger partial charge in [-0.25, -0.2) is 0 Å². The van der Waals surface area contributed by atoms with Gasteiger partial charge in [-0.15, -0.1) is 0 Å². The molecule has 0 aromatic rings. The van der Waals surface area contributed by atoms with E-state index in [1.807, 2.05) is 0 Å². The third-order valence-electron chi connectivity index (χ3n) is 2.59. The molecule has 0 saturated carbocycles. The van der Waals surface area contributed by atoms with Crippen LogP contribution in [0, 0.1) is 0 Å². The Bertz CT molecular complexity index is 257. The number of aliphatic hydroxyl groups excluding tert-OH is 2. The van der Waals surface area contributed by atoms with Crippen molar-refractivity contribution >= 4 is 8.32 Å². The van der Waals surface area contributed by atoms with Crippen LogP contribution in [0.3, 0.4) is 0 Å². The fourth-order valence-corrected chi connectivity index (χ4v) is 3.22. The molecule has 1 fully saturated rings. The monoisotopic (exact) mass is 202 g/mol. The molecular formula is C8H14O4Si. The molecule has 0 bridgehead atoms. The van der Waals surface area contributed by atoms with Crippen LogP contribution in [0.15, 0.2) is 11.3 Å². The Balaban J connectivity index is 2.27. The van der Waals surface area contributed by atoms with Crippen LogP contribution in [-0.2, 0) is 4.74 Å². The Hall–Kier alpha value is -0.203. The summed E-state index contributed by atoms with van der Waals surface area (Å²) >= 11 is 0. The molecule has 0 aromatic heterocycles. The van der Waals surface area contributed by atoms with Crippen LogP contribution in [0.4, 0.5) is 0 Å². The summed E-state index contributed by atoms with van der Waals surface area (Å²) in [6.07, 6.45) is -0.407. The topological polar surface area (TPSA) is 73.2 Å². The molecule has 1 heterocycles. The van der Waals surface area contributed by atoms with Crippen LogP contribution >= 0.6 is 0 Å². The van der Waals surface area contributed by atoms with Gasteiger partial charge in [0.15, 0.2) is 0 Å². The average Bonchev–Trinajstić information content (AvgIpc) is 2.73. The lowest BCUT2D eigenvalue weighted by Crippen LogP contribution is -2.46. The standard InChI is InChI=1S/C8H14O4Si/c1-13(2,11)5-3-4-8(12-4)7(10)6(5)9/h3-4,6-11H,1-2H3/t4-,6-,7-,8-/m1/s1. The predicted molar refractivity (Wildman–Crippen MR) is 48.5 cm³/mol. The summed E-state index contributed by atoms with van der Waals surface area (Å²) in [6, 6.07) is 0. The van der Waals surface area contributed by atoms with Crippen molar-refractivity contribution in [3.8, 4) is 0 Å². The van der Waals surface area contributed by atoms with E-state index in [2.05, 4.69) is 0 Å². The quantitative estimate of drug-likeness (QED) is 0.382. The summed E-state index contributed by atoms with van der Waals surface area (Å²) in [7, 11) is -2.51. The molecule has 0 amide bonds. The Morgan fingerprint density at radius 2 is 2.00 bits per heavy atom. The van der Waals surface area contributed by atoms with Crippen LogP contribution in [0.1, 0.15) is 0 Å². The van der Waals surface area contributed by atoms with Gasteiger partial charge in [0.1, 0.15) is 24.4 Å². The lowest BCUT2D eigenvalue weighted by Gasteiger charge is -2.28. The number of hydrogen-bond donors (Lipinski definition) is 3. The second-order valence-electron chi connectivity index (χ2n) is 4.18. The summed E-state index contributed by atoms with van der Waals surface area (Å²) < 4.78 is 5.11. The minimum absolute atomic E-state index is 0.0904. The normalized spacial score (nSPS) is 43.9. The molecule has 74 valence electrons. The minimum Gasteiger partial charge on any atom is -0.428 e. The smallest absolute Gasteiger partial charge is 0.212 e. The molecule has 1 saturated heterocycles. The van der Waals surface area contributed by atoms with Crippen molar-refractivity contribution in [1.29, 1.82) is 0 Å². The number of fused-ring (bicyclic) bond motifs is 1. The molecule has 2 rings (SSSR count). The van der Waals surface area contributed by atoms with Gasteiger partial charge < -0.3 is 19.7 Å². The zero-order chi connectivity index (χ0) is 9.80. The van der Waals surface area contributed by atoms with Crippen molar-refractivity contribution in [1.82, 2.24) is 0 Å². The molecular weight excluding hydrogens is 188 g/mol. The number of rotatable bonds is 1. The fourth-order valence-electron chi connectivity index (χ4n) is 1.75. The summed E-state index contributed by atoms with van der Waals surface area (Å²) in [4.78, 5) is 9.81. The number of ether oxygens (including phenoxy) is 1. The van der Waals surface area contributed by atoms with Gasteiger partial charge in [-0.1, -0.05) is 6.08 Å². The second-order valence-corrected chi connectivity index (χ2v) is 7.88. The molecule has 0 unspecified atom stereocenters. The fraction of sp³-hybridized carbons (Fsp3) is 0.750. The van der Waals surface area contributed by atoms with Gasteiger partial charge in [0.2, 0.25) is 8.32 Å². The highest BCUT2D eigenvalue weighted by Crippen LogP contribution is 2.37. The molecule has 5 heteroatoms. The van der Waals surface area contributed by atoms with E-state index >= 15 is 0 Å². The number of hydrogen-bond acceptors (Lipinski definition) is 4. The summed E-state index contributed by atoms with van der Waals surface area (Å²) in [5, 5.41) is 19.7. The minimum atomic E-state index is -2.51. The maximum Gasteiger partial charge on any atom is 0.212 e. The molecule has 1 aliphatic heterocycles. The predicted octanol–water partition coefficient (Wildman–Crippen LogP) is -0.848. The van der Waals surface area contributed by atoms with Gasteiger partial charge in [0.05, 0.1) is 0 Å². The highest BCUT2D eigenvalue weighted by molar-refractivity contribution is 6.77. The average molecular weight is 202 g/mol. The molecule has 1 aliphatic carbocycles. The first-order chi connectivity index (χ1) is 5.91. The SMILES string of the molecule is C[Si](C)(O)C1=C[C@H]2O[C@H]2[C@H](O)[C@@H]1O. The first-order valence-corrected chi connectivity index (χ1v) is 7.32. The van der Waals surface area contributed by atoms with Gasteiger partial charge >= 0.3 is 0 Å². The lowest BCUT2D eigenvalue weighted by atomic mass is 10.0. The van der Waals surface area contributed by atoms with E-state index in [4.69, 9.17) is 4.74 Å². The summed E-state index contributed by atoms with van der Waals surface area (Å²) in [5.74, 6) is 0. The van der Waals surface area contributed by atoms with Crippen LogP contribution in [0.5, 0.6) is 0 Å². The zero-order valence-corrected chi connectivity index (χ0v) is 8.64. The van der Waals surface area contributed by atoms with Crippen molar-refractivity contribution in [2.24, 2.45) is 0 Å². The van der Waals surface area contributed by atoms with Gasteiger partial charge in [0, 0.05) is 0 Å². The van der Waals surface area contributed by atoms with Gasteiger partial charge in [0.25, 0.3) is 0 Å². The Kier molecular flexibility index (Phi) is 1.90. The van der Waals surface area contributed by atoms with E-state index in [-0.39, 0.29) is 12.2 Å². The van der Waals surface area contributed by atoms with Gasteiger partial charge in [-0.05, 0) is 18.3 Å². The number of aliphatic hydroxyl groups is 2. The van der Waals surface area contributed by atoms with Crippen LogP contribution in [0.25, 0.3) is 0 Å². The largest absolute Gasteiger partial charge is 0.428 e. The molecule has 13 heavy (non-hydrogen) atoms. The Labute approximate surface area is 77.6 Å². The van der Waals surface area contributed by atoms with Crippen molar-refractivity contribution in [3.63, 3.8) is 0 Å². The van der Waals surface area contributed by atoms with Crippen molar-refractivity contribution in [2.75, 3.05) is 0 Å². The summed E-state index contributed by atoms with van der Waals surface area (Å²) in [6.45, 7) is 3.44. The molecule has 4 nitrogen and oxygen atoms in total. The molecule has 0 aromatic carbocycles. The highest BCUT2D eigenvalue weighted by atomic mass is 28.4. The van der Waals surface area contributed by atoms with Crippen LogP contribution in [-0.4, -0.2) is 47.7 Å². The van der Waals surface area contributed by atoms with Crippen molar-refractivity contribution in [3.05, 3.63) is 11.3 Å². The highest BCUT2D eigenvalue weighted by Gasteiger charge is 2.52. The van der Waals surface area contributed by atoms with Crippen molar-refractivity contribution in [2.45, 2.75) is 37.5 Å². The van der Waals surface area contributed by atoms with Gasteiger partial charge in [-0.3, -0.25) is 0 Å². The summed E-state index contributed by atoms with van der Waals surface area (Å²) in [5.41, 5.74) is 0. The second kappa shape index (κ2) is 2.65.